The van der Waals surface area contributed by atoms with Gasteiger partial charge in [-0.05, 0) is 39.8 Å². The van der Waals surface area contributed by atoms with Crippen molar-refractivity contribution in [3.05, 3.63) is 0 Å². The number of hydrogen-bond donors (Lipinski definition) is 2. The van der Waals surface area contributed by atoms with Gasteiger partial charge in [-0.2, -0.15) is 0 Å². The Labute approximate surface area is 96.4 Å². The number of carbonyl (C=O) groups is 2. The molecular formula is C11H21N3O2. The van der Waals surface area contributed by atoms with Crippen molar-refractivity contribution in [1.29, 1.82) is 0 Å². The highest BCUT2D eigenvalue weighted by Gasteiger charge is 2.24. The number of amides is 2. The van der Waals surface area contributed by atoms with Gasteiger partial charge in [0.25, 0.3) is 0 Å². The van der Waals surface area contributed by atoms with Crippen LogP contribution in [-0.4, -0.2) is 42.4 Å². The third-order valence-corrected chi connectivity index (χ3v) is 2.81. The van der Waals surface area contributed by atoms with Gasteiger partial charge in [0.05, 0.1) is 6.54 Å². The molecule has 1 heterocycles. The van der Waals surface area contributed by atoms with E-state index in [0.29, 0.717) is 6.54 Å². The third-order valence-electron chi connectivity index (χ3n) is 2.81. The molecule has 1 saturated heterocycles. The third kappa shape index (κ3) is 4.18. The zero-order valence-electron chi connectivity index (χ0n) is 10.0. The summed E-state index contributed by atoms with van der Waals surface area (Å²) in [5.74, 6) is -0.178. The van der Waals surface area contributed by atoms with Gasteiger partial charge in [-0.15, -0.1) is 0 Å². The van der Waals surface area contributed by atoms with E-state index in [0.717, 1.165) is 25.9 Å². The summed E-state index contributed by atoms with van der Waals surface area (Å²) in [6.07, 6.45) is 1.54. The van der Waals surface area contributed by atoms with Gasteiger partial charge < -0.3 is 11.1 Å². The Hall–Kier alpha value is -1.10. The van der Waals surface area contributed by atoms with Crippen LogP contribution in [0.4, 0.5) is 0 Å². The molecule has 1 rings (SSSR count). The smallest absolute Gasteiger partial charge is 0.234 e. The number of primary amides is 1. The first-order chi connectivity index (χ1) is 7.49. The standard InChI is InChI=1S/C11H21N3O2/c1-8(2)13-10(15)7-14-5-3-9(4-6-14)11(12)16/h8-9H,3-7H2,1-2H3,(H2,12,16)(H,13,15). The summed E-state index contributed by atoms with van der Waals surface area (Å²) in [4.78, 5) is 24.5. The quantitative estimate of drug-likeness (QED) is 0.693. The minimum atomic E-state index is -0.216. The molecule has 1 fully saturated rings. The molecule has 1 aliphatic rings. The predicted molar refractivity (Wildman–Crippen MR) is 61.6 cm³/mol. The number of carbonyl (C=O) groups excluding carboxylic acids is 2. The van der Waals surface area contributed by atoms with Gasteiger partial charge in [-0.3, -0.25) is 14.5 Å². The van der Waals surface area contributed by atoms with E-state index in [4.69, 9.17) is 5.73 Å². The molecule has 0 radical (unpaired) electrons. The van der Waals surface area contributed by atoms with Crippen molar-refractivity contribution in [2.24, 2.45) is 11.7 Å². The van der Waals surface area contributed by atoms with Crippen LogP contribution in [0.25, 0.3) is 0 Å². The molecule has 0 atom stereocenters. The number of hydrogen-bond acceptors (Lipinski definition) is 3. The highest BCUT2D eigenvalue weighted by Crippen LogP contribution is 2.15. The van der Waals surface area contributed by atoms with E-state index in [1.165, 1.54) is 0 Å². The van der Waals surface area contributed by atoms with Crippen LogP contribution in [0.3, 0.4) is 0 Å². The van der Waals surface area contributed by atoms with Crippen molar-refractivity contribution >= 4 is 11.8 Å². The van der Waals surface area contributed by atoms with Crippen LogP contribution in [0, 0.1) is 5.92 Å². The van der Waals surface area contributed by atoms with Crippen LogP contribution in [0.1, 0.15) is 26.7 Å². The molecule has 0 aromatic carbocycles. The molecule has 0 aromatic heterocycles. The Kier molecular flexibility index (Phi) is 4.73. The van der Waals surface area contributed by atoms with Crippen molar-refractivity contribution in [2.45, 2.75) is 32.7 Å². The molecule has 3 N–H and O–H groups in total. The van der Waals surface area contributed by atoms with Crippen molar-refractivity contribution in [3.8, 4) is 0 Å². The first kappa shape index (κ1) is 13.0. The van der Waals surface area contributed by atoms with Crippen molar-refractivity contribution in [3.63, 3.8) is 0 Å². The second-order valence-electron chi connectivity index (χ2n) is 4.68. The first-order valence-corrected chi connectivity index (χ1v) is 5.80. The average molecular weight is 227 g/mol. The van der Waals surface area contributed by atoms with Crippen LogP contribution in [0.2, 0.25) is 0 Å². The lowest BCUT2D eigenvalue weighted by Gasteiger charge is -2.30. The van der Waals surface area contributed by atoms with Gasteiger partial charge in [-0.1, -0.05) is 0 Å². The van der Waals surface area contributed by atoms with Crippen LogP contribution < -0.4 is 11.1 Å². The van der Waals surface area contributed by atoms with E-state index in [-0.39, 0.29) is 23.8 Å². The average Bonchev–Trinajstić information content (AvgIpc) is 2.16. The van der Waals surface area contributed by atoms with E-state index in [2.05, 4.69) is 10.2 Å². The maximum absolute atomic E-state index is 11.5. The van der Waals surface area contributed by atoms with Gasteiger partial charge in [0.1, 0.15) is 0 Å². The molecule has 0 aliphatic carbocycles. The maximum atomic E-state index is 11.5. The zero-order chi connectivity index (χ0) is 12.1. The summed E-state index contributed by atoms with van der Waals surface area (Å²) in [5.41, 5.74) is 5.24. The summed E-state index contributed by atoms with van der Waals surface area (Å²) < 4.78 is 0. The molecule has 0 bridgehead atoms. The summed E-state index contributed by atoms with van der Waals surface area (Å²) in [6, 6.07) is 0.177. The second kappa shape index (κ2) is 5.84. The van der Waals surface area contributed by atoms with Gasteiger partial charge in [0, 0.05) is 12.0 Å². The Balaban J connectivity index is 2.26. The molecule has 0 spiro atoms. The minimum absolute atomic E-state index is 0.00981. The molecule has 2 amide bonds. The fourth-order valence-corrected chi connectivity index (χ4v) is 1.95. The molecule has 5 heteroatoms. The topological polar surface area (TPSA) is 75.4 Å². The number of likely N-dealkylation sites (tertiary alicyclic amines) is 1. The van der Waals surface area contributed by atoms with Gasteiger partial charge >= 0.3 is 0 Å². The number of rotatable bonds is 4. The maximum Gasteiger partial charge on any atom is 0.234 e. The monoisotopic (exact) mass is 227 g/mol. The molecule has 92 valence electrons. The van der Waals surface area contributed by atoms with E-state index in [9.17, 15) is 9.59 Å². The largest absolute Gasteiger partial charge is 0.369 e. The van der Waals surface area contributed by atoms with E-state index in [1.54, 1.807) is 0 Å². The summed E-state index contributed by atoms with van der Waals surface area (Å²) in [6.45, 7) is 5.86. The Morgan fingerprint density at radius 2 is 1.94 bits per heavy atom. The van der Waals surface area contributed by atoms with E-state index in [1.807, 2.05) is 13.8 Å². The van der Waals surface area contributed by atoms with Crippen LogP contribution >= 0.6 is 0 Å². The molecule has 0 saturated carbocycles. The van der Waals surface area contributed by atoms with Crippen molar-refractivity contribution in [2.75, 3.05) is 19.6 Å². The predicted octanol–water partition coefficient (Wildman–Crippen LogP) is -0.292. The highest BCUT2D eigenvalue weighted by atomic mass is 16.2. The number of piperidine rings is 1. The van der Waals surface area contributed by atoms with Crippen LogP contribution in [0.15, 0.2) is 0 Å². The normalized spacial score (nSPS) is 18.7. The van der Waals surface area contributed by atoms with E-state index >= 15 is 0 Å². The Bertz CT molecular complexity index is 258. The Morgan fingerprint density at radius 1 is 1.38 bits per heavy atom. The van der Waals surface area contributed by atoms with Crippen LogP contribution in [-0.2, 0) is 9.59 Å². The first-order valence-electron chi connectivity index (χ1n) is 5.80. The summed E-state index contributed by atoms with van der Waals surface area (Å²) >= 11 is 0. The highest BCUT2D eigenvalue weighted by molar-refractivity contribution is 5.78. The summed E-state index contributed by atoms with van der Waals surface area (Å²) in [7, 11) is 0. The lowest BCUT2D eigenvalue weighted by molar-refractivity contribution is -0.124. The van der Waals surface area contributed by atoms with Gasteiger partial charge in [-0.25, -0.2) is 0 Å². The zero-order valence-corrected chi connectivity index (χ0v) is 10.0. The van der Waals surface area contributed by atoms with Gasteiger partial charge in [0.15, 0.2) is 0 Å². The fraction of sp³-hybridized carbons (Fsp3) is 0.818. The number of nitrogens with one attached hydrogen (secondary N) is 1. The lowest BCUT2D eigenvalue weighted by Crippen LogP contribution is -2.44. The SMILES string of the molecule is CC(C)NC(=O)CN1CCC(C(N)=O)CC1. The van der Waals surface area contributed by atoms with Crippen molar-refractivity contribution < 1.29 is 9.59 Å². The molecule has 5 nitrogen and oxygen atoms in total. The van der Waals surface area contributed by atoms with Crippen LogP contribution in [0.5, 0.6) is 0 Å². The number of nitrogens with two attached hydrogens (primary N) is 1. The number of nitrogens with zero attached hydrogens (tertiary/aromatic N) is 1. The molecule has 1 aliphatic heterocycles. The molecule has 0 unspecified atom stereocenters. The second-order valence-corrected chi connectivity index (χ2v) is 4.68. The van der Waals surface area contributed by atoms with E-state index < -0.39 is 0 Å². The van der Waals surface area contributed by atoms with Crippen molar-refractivity contribution in [1.82, 2.24) is 10.2 Å². The summed E-state index contributed by atoms with van der Waals surface area (Å²) in [5, 5.41) is 2.85. The molecule has 16 heavy (non-hydrogen) atoms. The molecular weight excluding hydrogens is 206 g/mol. The minimum Gasteiger partial charge on any atom is -0.369 e. The lowest BCUT2D eigenvalue weighted by atomic mass is 9.96. The van der Waals surface area contributed by atoms with Gasteiger partial charge in [0.2, 0.25) is 11.8 Å². The fourth-order valence-electron chi connectivity index (χ4n) is 1.95. The molecule has 0 aromatic rings. The Morgan fingerprint density at radius 3 is 2.38 bits per heavy atom.